The summed E-state index contributed by atoms with van der Waals surface area (Å²) in [4.78, 5) is 26.8. The second kappa shape index (κ2) is 8.92. The van der Waals surface area contributed by atoms with Crippen LogP contribution in [0.15, 0.2) is 28.6 Å². The van der Waals surface area contributed by atoms with Crippen molar-refractivity contribution >= 4 is 11.2 Å². The lowest BCUT2D eigenvalue weighted by Crippen LogP contribution is -2.24. The molecule has 3 heterocycles. The molecule has 1 N–H and O–H groups in total. The lowest BCUT2D eigenvalue weighted by molar-refractivity contribution is 0.141. The molecular weight excluding hydrogens is 370 g/mol. The van der Waals surface area contributed by atoms with Crippen LogP contribution in [0.3, 0.4) is 0 Å². The van der Waals surface area contributed by atoms with E-state index in [4.69, 9.17) is 9.47 Å². The number of aromatic nitrogens is 4. The third-order valence-corrected chi connectivity index (χ3v) is 5.59. The summed E-state index contributed by atoms with van der Waals surface area (Å²) in [7, 11) is 1.62. The quantitative estimate of drug-likeness (QED) is 0.684. The standard InChI is InChI=1S/C21H29N5O3/c1-15-18-19(24-20(22-15)29-12-11-28-2)26(21(27)23-18)14-17-7-5-16(6-8-17)13-25-9-3-4-10-25/h5-7,17H,3-4,8-14H2,1-2H3,(H,23,27). The van der Waals surface area contributed by atoms with Gasteiger partial charge in [0, 0.05) is 20.2 Å². The van der Waals surface area contributed by atoms with Crippen LogP contribution in [0.25, 0.3) is 11.2 Å². The first-order chi connectivity index (χ1) is 14.1. The molecule has 0 spiro atoms. The molecule has 0 bridgehead atoms. The van der Waals surface area contributed by atoms with Gasteiger partial charge in [0.25, 0.3) is 0 Å². The molecule has 29 heavy (non-hydrogen) atoms. The van der Waals surface area contributed by atoms with Crippen LogP contribution in [0.1, 0.15) is 25.0 Å². The zero-order valence-corrected chi connectivity index (χ0v) is 17.2. The van der Waals surface area contributed by atoms with E-state index < -0.39 is 0 Å². The Balaban J connectivity index is 1.47. The van der Waals surface area contributed by atoms with Gasteiger partial charge in [0.15, 0.2) is 5.65 Å². The molecule has 156 valence electrons. The second-order valence-electron chi connectivity index (χ2n) is 7.79. The van der Waals surface area contributed by atoms with Crippen molar-refractivity contribution in [3.8, 4) is 6.01 Å². The van der Waals surface area contributed by atoms with Crippen LogP contribution in [-0.2, 0) is 11.3 Å². The van der Waals surface area contributed by atoms with E-state index in [1.165, 1.54) is 31.5 Å². The Kier molecular flexibility index (Phi) is 6.10. The molecule has 1 aliphatic heterocycles. The van der Waals surface area contributed by atoms with Gasteiger partial charge in [0.05, 0.1) is 12.3 Å². The number of H-pyrrole nitrogens is 1. The van der Waals surface area contributed by atoms with E-state index in [-0.39, 0.29) is 17.6 Å². The van der Waals surface area contributed by atoms with Crippen LogP contribution in [0.2, 0.25) is 0 Å². The highest BCUT2D eigenvalue weighted by atomic mass is 16.5. The van der Waals surface area contributed by atoms with E-state index in [9.17, 15) is 4.79 Å². The van der Waals surface area contributed by atoms with E-state index in [1.54, 1.807) is 11.7 Å². The maximum atomic E-state index is 12.6. The van der Waals surface area contributed by atoms with Gasteiger partial charge in [-0.15, -0.1) is 0 Å². The number of fused-ring (bicyclic) bond motifs is 1. The molecule has 4 rings (SSSR count). The number of allylic oxidation sites excluding steroid dienone is 2. The predicted octanol–water partition coefficient (Wildman–Crippen LogP) is 2.05. The van der Waals surface area contributed by atoms with Gasteiger partial charge in [-0.25, -0.2) is 4.79 Å². The maximum Gasteiger partial charge on any atom is 0.327 e. The molecule has 8 nitrogen and oxygen atoms in total. The highest BCUT2D eigenvalue weighted by molar-refractivity contribution is 5.73. The molecular formula is C21H29N5O3. The molecule has 2 aromatic rings. The Morgan fingerprint density at radius 2 is 2.07 bits per heavy atom. The van der Waals surface area contributed by atoms with E-state index in [0.717, 1.165) is 13.0 Å². The van der Waals surface area contributed by atoms with Crippen LogP contribution in [0.4, 0.5) is 0 Å². The highest BCUT2D eigenvalue weighted by Crippen LogP contribution is 2.22. The van der Waals surface area contributed by atoms with Crippen molar-refractivity contribution in [2.45, 2.75) is 32.7 Å². The first-order valence-electron chi connectivity index (χ1n) is 10.3. The van der Waals surface area contributed by atoms with Crippen LogP contribution >= 0.6 is 0 Å². The van der Waals surface area contributed by atoms with Gasteiger partial charge < -0.3 is 14.5 Å². The fourth-order valence-corrected chi connectivity index (χ4v) is 3.99. The SMILES string of the molecule is COCCOc1nc(C)c2[nH]c(=O)n(CC3C=CC(CN4CCCC4)=CC3)c2n1. The van der Waals surface area contributed by atoms with Crippen molar-refractivity contribution in [1.82, 2.24) is 24.4 Å². The van der Waals surface area contributed by atoms with E-state index >= 15 is 0 Å². The average Bonchev–Trinajstić information content (AvgIpc) is 3.33. The van der Waals surface area contributed by atoms with Gasteiger partial charge >= 0.3 is 11.7 Å². The molecule has 1 saturated heterocycles. The molecule has 0 amide bonds. The van der Waals surface area contributed by atoms with Gasteiger partial charge in [-0.3, -0.25) is 9.47 Å². The third-order valence-electron chi connectivity index (χ3n) is 5.59. The Labute approximate surface area is 170 Å². The van der Waals surface area contributed by atoms with Gasteiger partial charge in [0.1, 0.15) is 12.1 Å². The van der Waals surface area contributed by atoms with E-state index in [0.29, 0.717) is 36.6 Å². The Bertz CT molecular complexity index is 969. The molecule has 1 atom stereocenters. The summed E-state index contributed by atoms with van der Waals surface area (Å²) in [6, 6.07) is 0.270. The highest BCUT2D eigenvalue weighted by Gasteiger charge is 2.19. The van der Waals surface area contributed by atoms with Crippen LogP contribution in [-0.4, -0.2) is 64.4 Å². The Morgan fingerprint density at radius 3 is 2.79 bits per heavy atom. The van der Waals surface area contributed by atoms with Crippen molar-refractivity contribution in [1.29, 1.82) is 0 Å². The lowest BCUT2D eigenvalue weighted by Gasteiger charge is -2.20. The number of likely N-dealkylation sites (tertiary alicyclic amines) is 1. The number of nitrogens with zero attached hydrogens (tertiary/aromatic N) is 4. The summed E-state index contributed by atoms with van der Waals surface area (Å²) < 4.78 is 12.3. The minimum atomic E-state index is -0.160. The average molecular weight is 399 g/mol. The first-order valence-corrected chi connectivity index (χ1v) is 10.3. The molecule has 1 unspecified atom stereocenters. The van der Waals surface area contributed by atoms with Crippen molar-refractivity contribution < 1.29 is 9.47 Å². The number of rotatable bonds is 8. The van der Waals surface area contributed by atoms with Crippen molar-refractivity contribution in [2.75, 3.05) is 40.0 Å². The summed E-state index contributed by atoms with van der Waals surface area (Å²) in [5.41, 5.74) is 3.17. The molecule has 0 saturated carbocycles. The number of nitrogens with one attached hydrogen (secondary N) is 1. The van der Waals surface area contributed by atoms with E-state index in [2.05, 4.69) is 38.1 Å². The monoisotopic (exact) mass is 399 g/mol. The van der Waals surface area contributed by atoms with Gasteiger partial charge in [-0.05, 0) is 50.8 Å². The summed E-state index contributed by atoms with van der Waals surface area (Å²) in [6.07, 6.45) is 10.3. The molecule has 2 aromatic heterocycles. The van der Waals surface area contributed by atoms with Crippen molar-refractivity contribution in [2.24, 2.45) is 5.92 Å². The fraction of sp³-hybridized carbons (Fsp3) is 0.571. The normalized spacial score (nSPS) is 19.8. The Hall–Kier alpha value is -2.45. The number of ether oxygens (including phenoxy) is 2. The largest absolute Gasteiger partial charge is 0.461 e. The molecule has 0 aromatic carbocycles. The number of aryl methyl sites for hydroxylation is 1. The smallest absolute Gasteiger partial charge is 0.327 e. The zero-order chi connectivity index (χ0) is 20.2. The van der Waals surface area contributed by atoms with E-state index in [1.807, 2.05) is 6.92 Å². The van der Waals surface area contributed by atoms with Crippen LogP contribution < -0.4 is 10.4 Å². The zero-order valence-electron chi connectivity index (χ0n) is 17.2. The number of imidazole rings is 1. The second-order valence-corrected chi connectivity index (χ2v) is 7.79. The summed E-state index contributed by atoms with van der Waals surface area (Å²) in [5, 5.41) is 0. The number of hydrogen-bond acceptors (Lipinski definition) is 6. The van der Waals surface area contributed by atoms with Crippen LogP contribution in [0.5, 0.6) is 6.01 Å². The topological polar surface area (TPSA) is 85.3 Å². The van der Waals surface area contributed by atoms with Crippen molar-refractivity contribution in [3.63, 3.8) is 0 Å². The lowest BCUT2D eigenvalue weighted by atomic mass is 9.96. The molecule has 2 aliphatic rings. The molecule has 1 fully saturated rings. The molecule has 0 radical (unpaired) electrons. The first kappa shape index (κ1) is 19.8. The molecule has 8 heteroatoms. The maximum absolute atomic E-state index is 12.6. The van der Waals surface area contributed by atoms with Gasteiger partial charge in [-0.2, -0.15) is 9.97 Å². The third kappa shape index (κ3) is 4.59. The van der Waals surface area contributed by atoms with Crippen molar-refractivity contribution in [3.05, 3.63) is 40.0 Å². The number of hydrogen-bond donors (Lipinski definition) is 1. The van der Waals surface area contributed by atoms with Gasteiger partial charge in [-0.1, -0.05) is 18.2 Å². The number of methoxy groups -OCH3 is 1. The summed E-state index contributed by atoms with van der Waals surface area (Å²) in [5.74, 6) is 0.266. The minimum Gasteiger partial charge on any atom is -0.461 e. The minimum absolute atomic E-state index is 0.160. The predicted molar refractivity (Wildman–Crippen MR) is 111 cm³/mol. The number of aromatic amines is 1. The Morgan fingerprint density at radius 1 is 1.24 bits per heavy atom. The summed E-state index contributed by atoms with van der Waals surface area (Å²) >= 11 is 0. The fourth-order valence-electron chi connectivity index (χ4n) is 3.99. The van der Waals surface area contributed by atoms with Gasteiger partial charge in [0.2, 0.25) is 0 Å². The van der Waals surface area contributed by atoms with Crippen LogP contribution in [0, 0.1) is 12.8 Å². The molecule has 1 aliphatic carbocycles. The summed E-state index contributed by atoms with van der Waals surface area (Å²) in [6.45, 7) is 6.69.